The van der Waals surface area contributed by atoms with Gasteiger partial charge in [-0.1, -0.05) is 0 Å². The van der Waals surface area contributed by atoms with Crippen LogP contribution >= 0.6 is 11.8 Å². The van der Waals surface area contributed by atoms with E-state index in [1.165, 1.54) is 0 Å². The van der Waals surface area contributed by atoms with E-state index < -0.39 is 0 Å². The molecule has 1 unspecified atom stereocenters. The fraction of sp³-hybridized carbons (Fsp3) is 0.417. The molecule has 1 fully saturated rings. The number of carbonyl (C=O) groups excluding carboxylic acids is 1. The molecule has 3 N–H and O–H groups in total. The first-order valence-corrected chi connectivity index (χ1v) is 6.74. The van der Waals surface area contributed by atoms with E-state index in [0.29, 0.717) is 0 Å². The maximum absolute atomic E-state index is 12.0. The largest absolute Gasteiger partial charge is 0.508 e. The molecule has 0 radical (unpaired) electrons. The molecule has 0 aromatic heterocycles. The average Bonchev–Trinajstić information content (AvgIpc) is 2.34. The second-order valence-electron chi connectivity index (χ2n) is 4.07. The summed E-state index contributed by atoms with van der Waals surface area (Å²) in [5, 5.41) is 15.4. The summed E-state index contributed by atoms with van der Waals surface area (Å²) >= 11 is 1.79. The van der Waals surface area contributed by atoms with Gasteiger partial charge in [-0.25, -0.2) is 0 Å². The number of thioether (sulfide) groups is 1. The molecule has 1 aliphatic rings. The number of rotatable bonds is 2. The Morgan fingerprint density at radius 1 is 1.59 bits per heavy atom. The highest BCUT2D eigenvalue weighted by Gasteiger charge is 2.21. The van der Waals surface area contributed by atoms with Gasteiger partial charge in [0.15, 0.2) is 0 Å². The van der Waals surface area contributed by atoms with Crippen LogP contribution in [0.1, 0.15) is 5.56 Å². The van der Waals surface area contributed by atoms with Crippen molar-refractivity contribution in [2.45, 2.75) is 13.0 Å². The number of nitrogens with one attached hydrogen (secondary N) is 2. The maximum atomic E-state index is 12.0. The van der Waals surface area contributed by atoms with Gasteiger partial charge in [-0.05, 0) is 30.7 Å². The number of phenolic OH excluding ortho intramolecular Hbond substituents is 1. The molecule has 92 valence electrons. The standard InChI is InChI=1S/C12H16N2O2S/c1-8-6-9(15)2-3-10(8)14-12(16)11-7-17-5-4-13-11/h2-3,6,11,13,15H,4-5,7H2,1H3,(H,14,16). The second kappa shape index (κ2) is 5.42. The topological polar surface area (TPSA) is 61.4 Å². The first kappa shape index (κ1) is 12.3. The number of amides is 1. The van der Waals surface area contributed by atoms with Gasteiger partial charge in [0.25, 0.3) is 0 Å². The van der Waals surface area contributed by atoms with Crippen LogP contribution in [0.25, 0.3) is 0 Å². The molecular weight excluding hydrogens is 236 g/mol. The van der Waals surface area contributed by atoms with Crippen LogP contribution in [0.5, 0.6) is 5.75 Å². The second-order valence-corrected chi connectivity index (χ2v) is 5.22. The summed E-state index contributed by atoms with van der Waals surface area (Å²) in [6.07, 6.45) is 0. The summed E-state index contributed by atoms with van der Waals surface area (Å²) in [5.74, 6) is 2.07. The molecule has 2 rings (SSSR count). The molecule has 0 spiro atoms. The number of benzene rings is 1. The summed E-state index contributed by atoms with van der Waals surface area (Å²) in [6, 6.07) is 4.81. The van der Waals surface area contributed by atoms with Gasteiger partial charge in [0.05, 0.1) is 6.04 Å². The van der Waals surface area contributed by atoms with E-state index in [2.05, 4.69) is 10.6 Å². The molecule has 1 atom stereocenters. The highest BCUT2D eigenvalue weighted by atomic mass is 32.2. The lowest BCUT2D eigenvalue weighted by atomic mass is 10.2. The molecule has 17 heavy (non-hydrogen) atoms. The molecule has 1 heterocycles. The van der Waals surface area contributed by atoms with E-state index in [4.69, 9.17) is 0 Å². The molecular formula is C12H16N2O2S. The Kier molecular flexibility index (Phi) is 3.91. The molecule has 1 aliphatic heterocycles. The third kappa shape index (κ3) is 3.14. The predicted molar refractivity (Wildman–Crippen MR) is 70.6 cm³/mol. The van der Waals surface area contributed by atoms with Gasteiger partial charge in [0, 0.05) is 23.7 Å². The van der Waals surface area contributed by atoms with Crippen LogP contribution in [0, 0.1) is 6.92 Å². The average molecular weight is 252 g/mol. The van der Waals surface area contributed by atoms with Crippen LogP contribution in [0.3, 0.4) is 0 Å². The van der Waals surface area contributed by atoms with Crippen LogP contribution in [0.15, 0.2) is 18.2 Å². The Balaban J connectivity index is 2.02. The normalized spacial score (nSPS) is 19.9. The predicted octanol–water partition coefficient (Wildman–Crippen LogP) is 1.34. The molecule has 1 amide bonds. The third-order valence-electron chi connectivity index (χ3n) is 2.71. The molecule has 1 aromatic rings. The van der Waals surface area contributed by atoms with E-state index in [9.17, 15) is 9.90 Å². The highest BCUT2D eigenvalue weighted by Crippen LogP contribution is 2.20. The number of anilines is 1. The van der Waals surface area contributed by atoms with E-state index in [0.717, 1.165) is 29.3 Å². The van der Waals surface area contributed by atoms with Gasteiger partial charge < -0.3 is 15.7 Å². The molecule has 0 bridgehead atoms. The van der Waals surface area contributed by atoms with Gasteiger partial charge >= 0.3 is 0 Å². The Hall–Kier alpha value is -1.20. The Bertz CT molecular complexity index is 417. The molecule has 5 heteroatoms. The molecule has 4 nitrogen and oxygen atoms in total. The number of aromatic hydroxyl groups is 1. The van der Waals surface area contributed by atoms with Gasteiger partial charge in [-0.2, -0.15) is 11.8 Å². The maximum Gasteiger partial charge on any atom is 0.242 e. The van der Waals surface area contributed by atoms with E-state index in [1.54, 1.807) is 30.0 Å². The Morgan fingerprint density at radius 2 is 2.41 bits per heavy atom. The van der Waals surface area contributed by atoms with Crippen LogP contribution < -0.4 is 10.6 Å². The number of aryl methyl sites for hydroxylation is 1. The summed E-state index contributed by atoms with van der Waals surface area (Å²) in [7, 11) is 0. The number of phenols is 1. The summed E-state index contributed by atoms with van der Waals surface area (Å²) in [4.78, 5) is 12.0. The Labute approximate surface area is 105 Å². The quantitative estimate of drug-likeness (QED) is 0.695. The zero-order valence-corrected chi connectivity index (χ0v) is 10.5. The molecule has 1 aromatic carbocycles. The van der Waals surface area contributed by atoms with Gasteiger partial charge in [-0.3, -0.25) is 4.79 Å². The minimum atomic E-state index is -0.123. The number of hydrogen-bond donors (Lipinski definition) is 3. The van der Waals surface area contributed by atoms with E-state index in [-0.39, 0.29) is 17.7 Å². The first-order chi connectivity index (χ1) is 8.16. The Morgan fingerprint density at radius 3 is 3.06 bits per heavy atom. The smallest absolute Gasteiger partial charge is 0.242 e. The van der Waals surface area contributed by atoms with Crippen molar-refractivity contribution in [1.82, 2.24) is 5.32 Å². The van der Waals surface area contributed by atoms with Crippen LogP contribution in [-0.4, -0.2) is 35.1 Å². The van der Waals surface area contributed by atoms with Crippen molar-refractivity contribution in [2.24, 2.45) is 0 Å². The van der Waals surface area contributed by atoms with Gasteiger partial charge in [-0.15, -0.1) is 0 Å². The fourth-order valence-electron chi connectivity index (χ4n) is 1.74. The molecule has 0 aliphatic carbocycles. The van der Waals surface area contributed by atoms with Crippen LogP contribution in [0.4, 0.5) is 5.69 Å². The zero-order valence-electron chi connectivity index (χ0n) is 9.69. The van der Waals surface area contributed by atoms with Crippen molar-refractivity contribution in [2.75, 3.05) is 23.4 Å². The number of carbonyl (C=O) groups is 1. The number of hydrogen-bond acceptors (Lipinski definition) is 4. The third-order valence-corrected chi connectivity index (χ3v) is 3.77. The fourth-order valence-corrected chi connectivity index (χ4v) is 2.68. The zero-order chi connectivity index (χ0) is 12.3. The lowest BCUT2D eigenvalue weighted by Crippen LogP contribution is -2.46. The van der Waals surface area contributed by atoms with Crippen molar-refractivity contribution in [3.05, 3.63) is 23.8 Å². The van der Waals surface area contributed by atoms with Crippen LogP contribution in [-0.2, 0) is 4.79 Å². The van der Waals surface area contributed by atoms with Crippen molar-refractivity contribution >= 4 is 23.4 Å². The minimum absolute atomic E-state index is 0.00834. The summed E-state index contributed by atoms with van der Waals surface area (Å²) < 4.78 is 0. The lowest BCUT2D eigenvalue weighted by molar-refractivity contribution is -0.117. The van der Waals surface area contributed by atoms with Gasteiger partial charge in [0.1, 0.15) is 5.75 Å². The monoisotopic (exact) mass is 252 g/mol. The minimum Gasteiger partial charge on any atom is -0.508 e. The lowest BCUT2D eigenvalue weighted by Gasteiger charge is -2.22. The van der Waals surface area contributed by atoms with Gasteiger partial charge in [0.2, 0.25) is 5.91 Å². The van der Waals surface area contributed by atoms with Crippen molar-refractivity contribution in [3.63, 3.8) is 0 Å². The van der Waals surface area contributed by atoms with E-state index in [1.807, 2.05) is 6.92 Å². The molecule has 0 saturated carbocycles. The van der Waals surface area contributed by atoms with Crippen molar-refractivity contribution in [3.8, 4) is 5.75 Å². The summed E-state index contributed by atoms with van der Waals surface area (Å²) in [6.45, 7) is 2.73. The molecule has 1 saturated heterocycles. The van der Waals surface area contributed by atoms with Crippen LogP contribution in [0.2, 0.25) is 0 Å². The van der Waals surface area contributed by atoms with Crippen molar-refractivity contribution in [1.29, 1.82) is 0 Å². The van der Waals surface area contributed by atoms with Crippen molar-refractivity contribution < 1.29 is 9.90 Å². The SMILES string of the molecule is Cc1cc(O)ccc1NC(=O)C1CSCCN1. The first-order valence-electron chi connectivity index (χ1n) is 5.58. The van der Waals surface area contributed by atoms with E-state index >= 15 is 0 Å². The summed E-state index contributed by atoms with van der Waals surface area (Å²) in [5.41, 5.74) is 1.62. The highest BCUT2D eigenvalue weighted by molar-refractivity contribution is 7.99.